The number of amides is 1. The van der Waals surface area contributed by atoms with Crippen molar-refractivity contribution in [1.29, 1.82) is 0 Å². The van der Waals surface area contributed by atoms with Crippen LogP contribution in [0.15, 0.2) is 46.8 Å². The summed E-state index contributed by atoms with van der Waals surface area (Å²) in [5.74, 6) is -0.0388. The topological polar surface area (TPSA) is 79.4 Å². The number of hydrogen-bond acceptors (Lipinski definition) is 5. The second-order valence-corrected chi connectivity index (χ2v) is 9.58. The minimum atomic E-state index is -3.73. The Morgan fingerprint density at radius 2 is 1.96 bits per heavy atom. The molecular weight excluding hydrogens is 370 g/mol. The fraction of sp³-hybridized carbons (Fsp3) is 0.444. The first kappa shape index (κ1) is 17.6. The molecule has 26 heavy (non-hydrogen) atoms. The van der Waals surface area contributed by atoms with Gasteiger partial charge in [-0.2, -0.15) is 4.31 Å². The van der Waals surface area contributed by atoms with Crippen LogP contribution in [-0.2, 0) is 14.8 Å². The second kappa shape index (κ2) is 7.09. The van der Waals surface area contributed by atoms with Crippen molar-refractivity contribution in [3.8, 4) is 0 Å². The largest absolute Gasteiger partial charge is 0.301 e. The van der Waals surface area contributed by atoms with Gasteiger partial charge >= 0.3 is 0 Å². The van der Waals surface area contributed by atoms with Crippen LogP contribution in [0.2, 0.25) is 0 Å². The third-order valence-electron chi connectivity index (χ3n) is 5.31. The molecule has 4 rings (SSSR count). The lowest BCUT2D eigenvalue weighted by Gasteiger charge is -2.32. The van der Waals surface area contributed by atoms with E-state index < -0.39 is 16.1 Å². The van der Waals surface area contributed by atoms with Crippen molar-refractivity contribution < 1.29 is 13.2 Å². The average molecular weight is 392 g/mol. The molecule has 1 aromatic heterocycles. The van der Waals surface area contributed by atoms with Gasteiger partial charge in [-0.3, -0.25) is 4.79 Å². The molecule has 2 aliphatic rings. The maximum atomic E-state index is 13.3. The highest BCUT2D eigenvalue weighted by atomic mass is 32.2. The van der Waals surface area contributed by atoms with E-state index in [1.165, 1.54) is 15.6 Å². The third kappa shape index (κ3) is 3.17. The Labute approximate surface area is 157 Å². The summed E-state index contributed by atoms with van der Waals surface area (Å²) < 4.78 is 28.2. The molecule has 138 valence electrons. The van der Waals surface area contributed by atoms with Crippen LogP contribution < -0.4 is 5.32 Å². The van der Waals surface area contributed by atoms with Crippen LogP contribution in [0.1, 0.15) is 32.1 Å². The number of nitrogens with zero attached hydrogens (tertiary/aromatic N) is 2. The van der Waals surface area contributed by atoms with E-state index in [9.17, 15) is 13.2 Å². The van der Waals surface area contributed by atoms with Gasteiger partial charge in [-0.25, -0.2) is 13.4 Å². The van der Waals surface area contributed by atoms with Gasteiger partial charge in [0, 0.05) is 17.6 Å². The molecule has 1 N–H and O–H groups in total. The van der Waals surface area contributed by atoms with E-state index in [2.05, 4.69) is 10.3 Å². The number of sulfonamides is 1. The molecular formula is C18H21N3O3S2. The number of thiazole rings is 1. The second-order valence-electron chi connectivity index (χ2n) is 6.84. The van der Waals surface area contributed by atoms with Crippen molar-refractivity contribution in [2.45, 2.75) is 49.1 Å². The molecule has 1 saturated heterocycles. The Kier molecular flexibility index (Phi) is 4.81. The molecule has 2 heterocycles. The number of fused-ring (bicyclic) bond motifs is 1. The number of aromatic nitrogens is 1. The maximum Gasteiger partial charge on any atom is 0.244 e. The van der Waals surface area contributed by atoms with Crippen LogP contribution in [0.4, 0.5) is 5.13 Å². The van der Waals surface area contributed by atoms with Gasteiger partial charge in [0.15, 0.2) is 5.13 Å². The monoisotopic (exact) mass is 391 g/mol. The summed E-state index contributed by atoms with van der Waals surface area (Å²) in [6.07, 6.45) is 6.09. The molecule has 1 amide bonds. The van der Waals surface area contributed by atoms with Gasteiger partial charge in [-0.15, -0.1) is 11.3 Å². The van der Waals surface area contributed by atoms with E-state index in [1.54, 1.807) is 41.9 Å². The van der Waals surface area contributed by atoms with Gasteiger partial charge in [0.1, 0.15) is 6.04 Å². The standard InChI is InChI=1S/C18H21N3O3S2/c22-17(20-18-19-10-11-25-18)16-12-13-6-4-5-9-15(13)21(16)26(23,24)14-7-2-1-3-8-14/h1-3,7-8,10-11,13,15-16H,4-6,9,12H2,(H,19,20,22)/t13-,15+,16+/m1/s1. The number of nitrogens with one attached hydrogen (secondary N) is 1. The molecule has 2 aromatic rings. The summed E-state index contributed by atoms with van der Waals surface area (Å²) in [6, 6.07) is 7.64. The molecule has 6 nitrogen and oxygen atoms in total. The van der Waals surface area contributed by atoms with Gasteiger partial charge in [0.05, 0.1) is 4.90 Å². The molecule has 1 aliphatic heterocycles. The molecule has 8 heteroatoms. The molecule has 0 bridgehead atoms. The first-order chi connectivity index (χ1) is 12.6. The summed E-state index contributed by atoms with van der Waals surface area (Å²) in [5.41, 5.74) is 0. The first-order valence-electron chi connectivity index (χ1n) is 8.86. The van der Waals surface area contributed by atoms with E-state index in [4.69, 9.17) is 0 Å². The third-order valence-corrected chi connectivity index (χ3v) is 7.95. The predicted molar refractivity (Wildman–Crippen MR) is 100 cm³/mol. The molecule has 0 radical (unpaired) electrons. The van der Waals surface area contributed by atoms with Crippen LogP contribution in [0.3, 0.4) is 0 Å². The highest BCUT2D eigenvalue weighted by Crippen LogP contribution is 2.43. The number of anilines is 1. The molecule has 1 saturated carbocycles. The van der Waals surface area contributed by atoms with Crippen LogP contribution in [0.5, 0.6) is 0 Å². The summed E-state index contributed by atoms with van der Waals surface area (Å²) in [7, 11) is -3.73. The van der Waals surface area contributed by atoms with Crippen LogP contribution in [0, 0.1) is 5.92 Å². The fourth-order valence-corrected chi connectivity index (χ4v) is 6.60. The predicted octanol–water partition coefficient (Wildman–Crippen LogP) is 3.10. The lowest BCUT2D eigenvalue weighted by atomic mass is 9.85. The minimum absolute atomic E-state index is 0.0963. The van der Waals surface area contributed by atoms with Gasteiger partial charge < -0.3 is 5.32 Å². The molecule has 1 aromatic carbocycles. The summed E-state index contributed by atoms with van der Waals surface area (Å²) >= 11 is 1.33. The smallest absolute Gasteiger partial charge is 0.244 e. The number of hydrogen-bond donors (Lipinski definition) is 1. The van der Waals surface area contributed by atoms with Gasteiger partial charge in [-0.05, 0) is 37.3 Å². The summed E-state index contributed by atoms with van der Waals surface area (Å²) in [5, 5.41) is 5.07. The molecule has 0 spiro atoms. The summed E-state index contributed by atoms with van der Waals surface area (Å²) in [4.78, 5) is 17.2. The molecule has 1 aliphatic carbocycles. The first-order valence-corrected chi connectivity index (χ1v) is 11.2. The van der Waals surface area contributed by atoms with Crippen molar-refractivity contribution in [3.05, 3.63) is 41.9 Å². The number of carbonyl (C=O) groups excluding carboxylic acids is 1. The van der Waals surface area contributed by atoms with Crippen molar-refractivity contribution >= 4 is 32.4 Å². The number of benzene rings is 1. The average Bonchev–Trinajstić information content (AvgIpc) is 3.29. The van der Waals surface area contributed by atoms with Crippen LogP contribution in [0.25, 0.3) is 0 Å². The maximum absolute atomic E-state index is 13.3. The van der Waals surface area contributed by atoms with E-state index in [0.29, 0.717) is 11.6 Å². The Morgan fingerprint density at radius 1 is 1.19 bits per heavy atom. The van der Waals surface area contributed by atoms with Crippen LogP contribution >= 0.6 is 11.3 Å². The highest BCUT2D eigenvalue weighted by molar-refractivity contribution is 7.89. The van der Waals surface area contributed by atoms with Crippen molar-refractivity contribution in [2.75, 3.05) is 5.32 Å². The Hall–Kier alpha value is -1.77. The van der Waals surface area contributed by atoms with Crippen molar-refractivity contribution in [1.82, 2.24) is 9.29 Å². The lowest BCUT2D eigenvalue weighted by molar-refractivity contribution is -0.119. The molecule has 0 unspecified atom stereocenters. The van der Waals surface area contributed by atoms with E-state index in [-0.39, 0.29) is 22.8 Å². The normalized spacial score (nSPS) is 26.4. The zero-order chi connectivity index (χ0) is 18.1. The lowest BCUT2D eigenvalue weighted by Crippen LogP contribution is -2.47. The van der Waals surface area contributed by atoms with Crippen molar-refractivity contribution in [2.24, 2.45) is 5.92 Å². The Balaban J connectivity index is 1.68. The Morgan fingerprint density at radius 3 is 2.69 bits per heavy atom. The molecule has 3 atom stereocenters. The minimum Gasteiger partial charge on any atom is -0.301 e. The van der Waals surface area contributed by atoms with E-state index in [0.717, 1.165) is 25.7 Å². The van der Waals surface area contributed by atoms with Gasteiger partial charge in [0.25, 0.3) is 0 Å². The quantitative estimate of drug-likeness (QED) is 0.869. The summed E-state index contributed by atoms with van der Waals surface area (Å²) in [6.45, 7) is 0. The van der Waals surface area contributed by atoms with Crippen molar-refractivity contribution in [3.63, 3.8) is 0 Å². The number of carbonyl (C=O) groups is 1. The Bertz CT molecular complexity index is 868. The van der Waals surface area contributed by atoms with Crippen LogP contribution in [-0.4, -0.2) is 35.7 Å². The van der Waals surface area contributed by atoms with Gasteiger partial charge in [0.2, 0.25) is 15.9 Å². The zero-order valence-corrected chi connectivity index (χ0v) is 15.9. The SMILES string of the molecule is O=C(Nc1nccs1)[C@@H]1C[C@H]2CCCC[C@@H]2N1S(=O)(=O)c1ccccc1. The van der Waals surface area contributed by atoms with Gasteiger partial charge in [-0.1, -0.05) is 31.0 Å². The van der Waals surface area contributed by atoms with E-state index >= 15 is 0 Å². The number of rotatable bonds is 4. The highest BCUT2D eigenvalue weighted by Gasteiger charge is 2.51. The zero-order valence-electron chi connectivity index (χ0n) is 14.2. The molecule has 2 fully saturated rings. The van der Waals surface area contributed by atoms with E-state index in [1.807, 2.05) is 0 Å². The fourth-order valence-electron chi connectivity index (χ4n) is 4.18.